The maximum atomic E-state index is 9.68. The third-order valence-corrected chi connectivity index (χ3v) is 3.98. The first-order chi connectivity index (χ1) is 10.7. The average Bonchev–Trinajstić information content (AvgIpc) is 2.53. The summed E-state index contributed by atoms with van der Waals surface area (Å²) in [6.45, 7) is 3.88. The summed E-state index contributed by atoms with van der Waals surface area (Å²) in [6, 6.07) is 13.4. The van der Waals surface area contributed by atoms with Gasteiger partial charge in [-0.2, -0.15) is 0 Å². The van der Waals surface area contributed by atoms with E-state index < -0.39 is 0 Å². The lowest BCUT2D eigenvalue weighted by Gasteiger charge is -2.35. The highest BCUT2D eigenvalue weighted by atomic mass is 16.5. The zero-order chi connectivity index (χ0) is 15.5. The first kappa shape index (κ1) is 14.6. The Balaban J connectivity index is 1.81. The van der Waals surface area contributed by atoms with Gasteiger partial charge >= 0.3 is 0 Å². The van der Waals surface area contributed by atoms with Crippen LogP contribution in [0.5, 0.6) is 17.2 Å². The van der Waals surface area contributed by atoms with E-state index in [0.29, 0.717) is 0 Å². The van der Waals surface area contributed by atoms with Crippen molar-refractivity contribution >= 4 is 5.69 Å². The van der Waals surface area contributed by atoms with Crippen LogP contribution in [-0.2, 0) is 6.42 Å². The number of phenolic OH excluding ortho intramolecular Hbond substituents is 1. The summed E-state index contributed by atoms with van der Waals surface area (Å²) in [5.74, 6) is 1.84. The molecule has 0 bridgehead atoms. The first-order valence-corrected chi connectivity index (χ1v) is 7.57. The van der Waals surface area contributed by atoms with E-state index in [1.54, 1.807) is 19.2 Å². The predicted molar refractivity (Wildman–Crippen MR) is 87.1 cm³/mol. The summed E-state index contributed by atoms with van der Waals surface area (Å²) in [7, 11) is 1.67. The van der Waals surface area contributed by atoms with Gasteiger partial charge in [0.15, 0.2) is 0 Å². The summed E-state index contributed by atoms with van der Waals surface area (Å²) >= 11 is 0. The fourth-order valence-corrected chi connectivity index (χ4v) is 2.89. The second kappa shape index (κ2) is 6.18. The lowest BCUT2D eigenvalue weighted by Crippen LogP contribution is -2.41. The number of anilines is 1. The summed E-state index contributed by atoms with van der Waals surface area (Å²) in [4.78, 5) is 2.28. The average molecular weight is 299 g/mol. The van der Waals surface area contributed by atoms with Gasteiger partial charge in [-0.1, -0.05) is 12.1 Å². The molecule has 1 aliphatic rings. The molecule has 2 aromatic rings. The van der Waals surface area contributed by atoms with E-state index in [9.17, 15) is 5.11 Å². The SMILES string of the molecule is CCN1CC(Cc2cccc(OC)c2)Oc2cc(O)ccc21. The van der Waals surface area contributed by atoms with Gasteiger partial charge in [0.25, 0.3) is 0 Å². The molecule has 3 rings (SSSR count). The molecule has 4 nitrogen and oxygen atoms in total. The van der Waals surface area contributed by atoms with E-state index in [4.69, 9.17) is 9.47 Å². The number of benzene rings is 2. The first-order valence-electron chi connectivity index (χ1n) is 7.57. The Hall–Kier alpha value is -2.36. The van der Waals surface area contributed by atoms with Crippen LogP contribution in [0.4, 0.5) is 5.69 Å². The molecule has 0 aliphatic carbocycles. The number of likely N-dealkylation sites (N-methyl/N-ethyl adjacent to an activating group) is 1. The van der Waals surface area contributed by atoms with Crippen molar-refractivity contribution in [2.45, 2.75) is 19.4 Å². The summed E-state index contributed by atoms with van der Waals surface area (Å²) < 4.78 is 11.4. The van der Waals surface area contributed by atoms with Gasteiger partial charge in [0.2, 0.25) is 0 Å². The van der Waals surface area contributed by atoms with Crippen LogP contribution in [0.1, 0.15) is 12.5 Å². The van der Waals surface area contributed by atoms with E-state index in [-0.39, 0.29) is 11.9 Å². The smallest absolute Gasteiger partial charge is 0.146 e. The third kappa shape index (κ3) is 2.96. The molecule has 1 aliphatic heterocycles. The van der Waals surface area contributed by atoms with Gasteiger partial charge in [-0.05, 0) is 36.8 Å². The largest absolute Gasteiger partial charge is 0.508 e. The highest BCUT2D eigenvalue weighted by molar-refractivity contribution is 5.62. The number of methoxy groups -OCH3 is 1. The molecule has 0 spiro atoms. The molecule has 0 radical (unpaired) electrons. The van der Waals surface area contributed by atoms with Gasteiger partial charge in [-0.15, -0.1) is 0 Å². The van der Waals surface area contributed by atoms with E-state index in [2.05, 4.69) is 17.9 Å². The zero-order valence-electron chi connectivity index (χ0n) is 13.0. The van der Waals surface area contributed by atoms with Crippen LogP contribution in [0, 0.1) is 0 Å². The van der Waals surface area contributed by atoms with E-state index in [0.717, 1.165) is 36.7 Å². The van der Waals surface area contributed by atoms with Gasteiger partial charge in [0.1, 0.15) is 23.4 Å². The van der Waals surface area contributed by atoms with Gasteiger partial charge in [-0.25, -0.2) is 0 Å². The topological polar surface area (TPSA) is 41.9 Å². The van der Waals surface area contributed by atoms with Gasteiger partial charge in [-0.3, -0.25) is 0 Å². The van der Waals surface area contributed by atoms with Crippen molar-refractivity contribution in [3.05, 3.63) is 48.0 Å². The number of hydrogen-bond donors (Lipinski definition) is 1. The van der Waals surface area contributed by atoms with Crippen LogP contribution in [0.25, 0.3) is 0 Å². The number of hydrogen-bond acceptors (Lipinski definition) is 4. The minimum absolute atomic E-state index is 0.0568. The molecule has 22 heavy (non-hydrogen) atoms. The van der Waals surface area contributed by atoms with E-state index in [1.165, 1.54) is 5.56 Å². The van der Waals surface area contributed by atoms with Crippen LogP contribution in [0.2, 0.25) is 0 Å². The monoisotopic (exact) mass is 299 g/mol. The van der Waals surface area contributed by atoms with Gasteiger partial charge in [0, 0.05) is 19.0 Å². The van der Waals surface area contributed by atoms with Crippen molar-refractivity contribution in [3.8, 4) is 17.2 Å². The summed E-state index contributed by atoms with van der Waals surface area (Å²) in [5, 5.41) is 9.68. The Morgan fingerprint density at radius 2 is 2.14 bits per heavy atom. The number of nitrogens with zero attached hydrogens (tertiary/aromatic N) is 1. The minimum atomic E-state index is 0.0568. The molecular formula is C18H21NO3. The lowest BCUT2D eigenvalue weighted by molar-refractivity contribution is 0.193. The number of phenols is 1. The number of ether oxygens (including phenoxy) is 2. The zero-order valence-corrected chi connectivity index (χ0v) is 13.0. The number of aromatic hydroxyl groups is 1. The maximum Gasteiger partial charge on any atom is 0.146 e. The van der Waals surface area contributed by atoms with Crippen LogP contribution in [0.15, 0.2) is 42.5 Å². The molecule has 116 valence electrons. The molecule has 1 N–H and O–H groups in total. The second-order valence-electron chi connectivity index (χ2n) is 5.49. The Bertz CT molecular complexity index is 657. The standard InChI is InChI=1S/C18H21NO3/c1-3-19-12-16(10-13-5-4-6-15(9-13)21-2)22-18-11-14(20)7-8-17(18)19/h4-9,11,16,20H,3,10,12H2,1-2H3. The maximum absolute atomic E-state index is 9.68. The van der Waals surface area contributed by atoms with Gasteiger partial charge < -0.3 is 19.5 Å². The molecule has 2 aromatic carbocycles. The van der Waals surface area contributed by atoms with E-state index in [1.807, 2.05) is 24.3 Å². The fraction of sp³-hybridized carbons (Fsp3) is 0.333. The third-order valence-electron chi connectivity index (χ3n) is 3.98. The molecule has 1 unspecified atom stereocenters. The van der Waals surface area contributed by atoms with Crippen molar-refractivity contribution in [1.82, 2.24) is 0 Å². The molecule has 4 heteroatoms. The number of rotatable bonds is 4. The molecule has 1 atom stereocenters. The molecule has 0 amide bonds. The number of fused-ring (bicyclic) bond motifs is 1. The van der Waals surface area contributed by atoms with Crippen molar-refractivity contribution in [1.29, 1.82) is 0 Å². The highest BCUT2D eigenvalue weighted by Gasteiger charge is 2.25. The van der Waals surface area contributed by atoms with Crippen LogP contribution in [0.3, 0.4) is 0 Å². The molecular weight excluding hydrogens is 278 g/mol. The molecule has 0 aromatic heterocycles. The molecule has 0 saturated carbocycles. The Labute approximate surface area is 130 Å². The minimum Gasteiger partial charge on any atom is -0.508 e. The second-order valence-corrected chi connectivity index (χ2v) is 5.49. The van der Waals surface area contributed by atoms with Crippen LogP contribution >= 0.6 is 0 Å². The highest BCUT2D eigenvalue weighted by Crippen LogP contribution is 2.36. The van der Waals surface area contributed by atoms with Crippen molar-refractivity contribution in [2.24, 2.45) is 0 Å². The normalized spacial score (nSPS) is 16.8. The molecule has 1 heterocycles. The van der Waals surface area contributed by atoms with Crippen LogP contribution < -0.4 is 14.4 Å². The van der Waals surface area contributed by atoms with Gasteiger partial charge in [0.05, 0.1) is 19.3 Å². The summed E-state index contributed by atoms with van der Waals surface area (Å²) in [6.07, 6.45) is 0.865. The Kier molecular flexibility index (Phi) is 4.09. The van der Waals surface area contributed by atoms with Crippen molar-refractivity contribution in [2.75, 3.05) is 25.1 Å². The van der Waals surface area contributed by atoms with Crippen molar-refractivity contribution < 1.29 is 14.6 Å². The Morgan fingerprint density at radius 3 is 2.91 bits per heavy atom. The molecule has 0 fully saturated rings. The van der Waals surface area contributed by atoms with E-state index >= 15 is 0 Å². The lowest BCUT2D eigenvalue weighted by atomic mass is 10.0. The van der Waals surface area contributed by atoms with Crippen molar-refractivity contribution in [3.63, 3.8) is 0 Å². The quantitative estimate of drug-likeness (QED) is 0.941. The molecule has 0 saturated heterocycles. The van der Waals surface area contributed by atoms with Crippen LogP contribution in [-0.4, -0.2) is 31.4 Å². The predicted octanol–water partition coefficient (Wildman–Crippen LogP) is 3.23. The fourth-order valence-electron chi connectivity index (χ4n) is 2.89. The summed E-state index contributed by atoms with van der Waals surface area (Å²) in [5.41, 5.74) is 2.23. The Morgan fingerprint density at radius 1 is 1.27 bits per heavy atom.